The molecule has 1 rings (SSSR count). The summed E-state index contributed by atoms with van der Waals surface area (Å²) in [5.41, 5.74) is 2.42. The first kappa shape index (κ1) is 14.5. The Balaban J connectivity index is 2.53. The van der Waals surface area contributed by atoms with Gasteiger partial charge in [-0.2, -0.15) is 0 Å². The van der Waals surface area contributed by atoms with E-state index in [-0.39, 0.29) is 18.0 Å². The summed E-state index contributed by atoms with van der Waals surface area (Å²) in [6.45, 7) is 10.1. The fourth-order valence-corrected chi connectivity index (χ4v) is 1.73. The van der Waals surface area contributed by atoms with Gasteiger partial charge in [0.05, 0.1) is 6.04 Å². The van der Waals surface area contributed by atoms with Crippen LogP contribution in [-0.2, 0) is 4.79 Å². The normalized spacial score (nSPS) is 13.7. The highest BCUT2D eigenvalue weighted by atomic mass is 16.2. The molecule has 0 radical (unpaired) electrons. The van der Waals surface area contributed by atoms with Gasteiger partial charge in [-0.25, -0.2) is 0 Å². The van der Waals surface area contributed by atoms with Crippen LogP contribution in [0.5, 0.6) is 0 Å². The van der Waals surface area contributed by atoms with Gasteiger partial charge in [0.2, 0.25) is 5.91 Å². The molecule has 3 heteroatoms. The minimum absolute atomic E-state index is 0.00568. The maximum absolute atomic E-state index is 11.7. The van der Waals surface area contributed by atoms with Crippen molar-refractivity contribution in [3.63, 3.8) is 0 Å². The van der Waals surface area contributed by atoms with Crippen LogP contribution in [0.25, 0.3) is 0 Å². The molecule has 0 aliphatic carbocycles. The van der Waals surface area contributed by atoms with Gasteiger partial charge in [-0.15, -0.1) is 6.58 Å². The molecule has 1 amide bonds. The molecule has 0 aromatic heterocycles. The van der Waals surface area contributed by atoms with Gasteiger partial charge < -0.3 is 5.32 Å². The van der Waals surface area contributed by atoms with Gasteiger partial charge in [0.25, 0.3) is 0 Å². The maximum atomic E-state index is 11.7. The van der Waals surface area contributed by atoms with E-state index in [2.05, 4.69) is 55.3 Å². The summed E-state index contributed by atoms with van der Waals surface area (Å²) in [5.74, 6) is -0.00568. The SMILES string of the molecule is C=CCNC(=O)C(C)NC(C)c1ccc(C)cc1. The van der Waals surface area contributed by atoms with Crippen LogP contribution in [0.2, 0.25) is 0 Å². The van der Waals surface area contributed by atoms with Crippen LogP contribution in [-0.4, -0.2) is 18.5 Å². The predicted molar refractivity (Wildman–Crippen MR) is 75.4 cm³/mol. The summed E-state index contributed by atoms with van der Waals surface area (Å²) in [6, 6.07) is 8.26. The highest BCUT2D eigenvalue weighted by molar-refractivity contribution is 5.81. The lowest BCUT2D eigenvalue weighted by atomic mass is 10.1. The molecule has 1 aromatic carbocycles. The van der Waals surface area contributed by atoms with Crippen molar-refractivity contribution in [2.24, 2.45) is 0 Å². The van der Waals surface area contributed by atoms with Crippen molar-refractivity contribution in [3.8, 4) is 0 Å². The number of nitrogens with one attached hydrogen (secondary N) is 2. The second-order valence-electron chi connectivity index (χ2n) is 4.55. The summed E-state index contributed by atoms with van der Waals surface area (Å²) < 4.78 is 0. The van der Waals surface area contributed by atoms with Gasteiger partial charge in [-0.1, -0.05) is 35.9 Å². The van der Waals surface area contributed by atoms with Gasteiger partial charge in [0.1, 0.15) is 0 Å². The molecule has 3 nitrogen and oxygen atoms in total. The van der Waals surface area contributed by atoms with Gasteiger partial charge in [0, 0.05) is 12.6 Å². The Bertz CT molecular complexity index is 397. The quantitative estimate of drug-likeness (QED) is 0.756. The van der Waals surface area contributed by atoms with Crippen LogP contribution in [0.3, 0.4) is 0 Å². The molecular weight excluding hydrogens is 224 g/mol. The van der Waals surface area contributed by atoms with E-state index in [1.54, 1.807) is 6.08 Å². The lowest BCUT2D eigenvalue weighted by Crippen LogP contribution is -2.43. The van der Waals surface area contributed by atoms with E-state index >= 15 is 0 Å². The average Bonchev–Trinajstić information content (AvgIpc) is 2.36. The zero-order chi connectivity index (χ0) is 13.5. The number of rotatable bonds is 6. The smallest absolute Gasteiger partial charge is 0.237 e. The summed E-state index contributed by atoms with van der Waals surface area (Å²) >= 11 is 0. The van der Waals surface area contributed by atoms with E-state index in [9.17, 15) is 4.79 Å². The summed E-state index contributed by atoms with van der Waals surface area (Å²) in [4.78, 5) is 11.7. The summed E-state index contributed by atoms with van der Waals surface area (Å²) in [7, 11) is 0. The van der Waals surface area contributed by atoms with Crippen LogP contribution in [0.4, 0.5) is 0 Å². The number of carbonyl (C=O) groups excluding carboxylic acids is 1. The molecule has 0 saturated heterocycles. The Hall–Kier alpha value is -1.61. The molecule has 0 heterocycles. The molecule has 98 valence electrons. The van der Waals surface area contributed by atoms with Gasteiger partial charge in [-0.05, 0) is 26.3 Å². The number of amides is 1. The summed E-state index contributed by atoms with van der Waals surface area (Å²) in [6.07, 6.45) is 1.67. The Kier molecular flexibility index (Phi) is 5.59. The predicted octanol–water partition coefficient (Wildman–Crippen LogP) is 2.34. The first-order valence-corrected chi connectivity index (χ1v) is 6.25. The molecule has 2 atom stereocenters. The van der Waals surface area contributed by atoms with Crippen LogP contribution >= 0.6 is 0 Å². The Morgan fingerprint density at radius 1 is 1.33 bits per heavy atom. The summed E-state index contributed by atoms with van der Waals surface area (Å²) in [5, 5.41) is 6.06. The van der Waals surface area contributed by atoms with Crippen LogP contribution in [0.1, 0.15) is 31.0 Å². The third-order valence-electron chi connectivity index (χ3n) is 2.89. The fourth-order valence-electron chi connectivity index (χ4n) is 1.73. The van der Waals surface area contributed by atoms with E-state index in [1.165, 1.54) is 11.1 Å². The second kappa shape index (κ2) is 6.97. The minimum atomic E-state index is -0.221. The minimum Gasteiger partial charge on any atom is -0.351 e. The zero-order valence-electron chi connectivity index (χ0n) is 11.4. The van der Waals surface area contributed by atoms with Crippen LogP contribution in [0.15, 0.2) is 36.9 Å². The maximum Gasteiger partial charge on any atom is 0.237 e. The van der Waals surface area contributed by atoms with E-state index in [4.69, 9.17) is 0 Å². The first-order valence-electron chi connectivity index (χ1n) is 6.25. The Labute approximate surface area is 109 Å². The zero-order valence-corrected chi connectivity index (χ0v) is 11.4. The molecule has 0 aliphatic heterocycles. The molecular formula is C15H22N2O. The van der Waals surface area contributed by atoms with Crippen molar-refractivity contribution >= 4 is 5.91 Å². The fraction of sp³-hybridized carbons (Fsp3) is 0.400. The number of hydrogen-bond acceptors (Lipinski definition) is 2. The van der Waals surface area contributed by atoms with Crippen LogP contribution in [0, 0.1) is 6.92 Å². The van der Waals surface area contributed by atoms with Crippen molar-refractivity contribution in [2.75, 3.05) is 6.54 Å². The third kappa shape index (κ3) is 4.34. The van der Waals surface area contributed by atoms with Crippen molar-refractivity contribution in [1.29, 1.82) is 0 Å². The topological polar surface area (TPSA) is 41.1 Å². The van der Waals surface area contributed by atoms with Gasteiger partial charge in [0.15, 0.2) is 0 Å². The number of benzene rings is 1. The molecule has 2 unspecified atom stereocenters. The van der Waals surface area contributed by atoms with Crippen molar-refractivity contribution in [2.45, 2.75) is 32.9 Å². The van der Waals surface area contributed by atoms with Gasteiger partial charge >= 0.3 is 0 Å². The van der Waals surface area contributed by atoms with E-state index < -0.39 is 0 Å². The monoisotopic (exact) mass is 246 g/mol. The molecule has 0 saturated carbocycles. The van der Waals surface area contributed by atoms with E-state index in [0.29, 0.717) is 6.54 Å². The standard InChI is InChI=1S/C15H22N2O/c1-5-10-16-15(18)13(4)17-12(3)14-8-6-11(2)7-9-14/h5-9,12-13,17H,1,10H2,2-4H3,(H,16,18). The third-order valence-corrected chi connectivity index (χ3v) is 2.89. The molecule has 2 N–H and O–H groups in total. The number of aryl methyl sites for hydroxylation is 1. The van der Waals surface area contributed by atoms with Crippen molar-refractivity contribution in [3.05, 3.63) is 48.0 Å². The number of carbonyl (C=O) groups is 1. The molecule has 0 aliphatic rings. The van der Waals surface area contributed by atoms with E-state index in [1.807, 2.05) is 6.92 Å². The lowest BCUT2D eigenvalue weighted by molar-refractivity contribution is -0.122. The van der Waals surface area contributed by atoms with Crippen molar-refractivity contribution < 1.29 is 4.79 Å². The van der Waals surface area contributed by atoms with Crippen molar-refractivity contribution in [1.82, 2.24) is 10.6 Å². The Morgan fingerprint density at radius 2 is 1.94 bits per heavy atom. The Morgan fingerprint density at radius 3 is 2.50 bits per heavy atom. The molecule has 1 aromatic rings. The average molecular weight is 246 g/mol. The second-order valence-corrected chi connectivity index (χ2v) is 4.55. The first-order chi connectivity index (χ1) is 8.54. The molecule has 0 spiro atoms. The molecule has 18 heavy (non-hydrogen) atoms. The highest BCUT2D eigenvalue weighted by Gasteiger charge is 2.15. The van der Waals surface area contributed by atoms with Crippen LogP contribution < -0.4 is 10.6 Å². The highest BCUT2D eigenvalue weighted by Crippen LogP contribution is 2.13. The van der Waals surface area contributed by atoms with Gasteiger partial charge in [-0.3, -0.25) is 10.1 Å². The lowest BCUT2D eigenvalue weighted by Gasteiger charge is -2.19. The largest absolute Gasteiger partial charge is 0.351 e. The number of hydrogen-bond donors (Lipinski definition) is 2. The van der Waals surface area contributed by atoms with E-state index in [0.717, 1.165) is 0 Å². The molecule has 0 fully saturated rings. The molecule has 0 bridgehead atoms.